The zero-order chi connectivity index (χ0) is 18.2. The van der Waals surface area contributed by atoms with Crippen LogP contribution in [0.4, 0.5) is 0 Å². The van der Waals surface area contributed by atoms with Crippen LogP contribution in [0.15, 0.2) is 18.2 Å². The molecule has 0 radical (unpaired) electrons. The van der Waals surface area contributed by atoms with Crippen molar-refractivity contribution in [3.8, 4) is 11.5 Å². The van der Waals surface area contributed by atoms with Crippen molar-refractivity contribution >= 4 is 11.9 Å². The van der Waals surface area contributed by atoms with Crippen molar-refractivity contribution in [2.45, 2.75) is 20.3 Å². The molecule has 1 aliphatic rings. The Hall–Kier alpha value is -2.28. The highest BCUT2D eigenvalue weighted by Gasteiger charge is 2.26. The highest BCUT2D eigenvalue weighted by Crippen LogP contribution is 2.34. The fourth-order valence-corrected chi connectivity index (χ4v) is 2.60. The molecule has 0 spiro atoms. The van der Waals surface area contributed by atoms with Crippen LogP contribution >= 0.6 is 0 Å². The number of para-hydroxylation sites is 1. The molecule has 0 aliphatic carbocycles. The number of carboxylic acid groups (broad SMARTS) is 1. The molecule has 1 aromatic rings. The standard InChI is InChI=1S/C18H25NO6/c1-3-23-9-5-8-19(12-13(2)18(21)22)17(20)14-6-4-7-15-16(14)25-11-10-24-15/h4,6-7,13H,3,5,8-12H2,1-2H3,(H,21,22). The van der Waals surface area contributed by atoms with Crippen molar-refractivity contribution in [3.63, 3.8) is 0 Å². The number of aliphatic carboxylic acids is 1. The zero-order valence-electron chi connectivity index (χ0n) is 14.7. The Labute approximate surface area is 147 Å². The van der Waals surface area contributed by atoms with Crippen LogP contribution in [-0.2, 0) is 9.53 Å². The molecule has 0 saturated carbocycles. The van der Waals surface area contributed by atoms with Crippen LogP contribution in [0.1, 0.15) is 30.6 Å². The first-order chi connectivity index (χ1) is 12.0. The summed E-state index contributed by atoms with van der Waals surface area (Å²) < 4.78 is 16.4. The van der Waals surface area contributed by atoms with Gasteiger partial charge in [0.25, 0.3) is 5.91 Å². The number of carbonyl (C=O) groups is 2. The number of nitrogens with zero attached hydrogens (tertiary/aromatic N) is 1. The van der Waals surface area contributed by atoms with Crippen LogP contribution in [0, 0.1) is 5.92 Å². The van der Waals surface area contributed by atoms with Gasteiger partial charge in [0, 0.05) is 26.3 Å². The van der Waals surface area contributed by atoms with Gasteiger partial charge in [0.05, 0.1) is 11.5 Å². The van der Waals surface area contributed by atoms with Crippen LogP contribution in [0.2, 0.25) is 0 Å². The molecule has 1 aromatic carbocycles. The summed E-state index contributed by atoms with van der Waals surface area (Å²) in [6, 6.07) is 5.17. The molecule has 7 heteroatoms. The predicted octanol–water partition coefficient (Wildman–Crippen LogP) is 2.05. The molecule has 0 saturated heterocycles. The van der Waals surface area contributed by atoms with Gasteiger partial charge in [-0.1, -0.05) is 13.0 Å². The summed E-state index contributed by atoms with van der Waals surface area (Å²) >= 11 is 0. The average molecular weight is 351 g/mol. The first-order valence-corrected chi connectivity index (χ1v) is 8.53. The number of hydrogen-bond donors (Lipinski definition) is 1. The van der Waals surface area contributed by atoms with Crippen LogP contribution in [0.3, 0.4) is 0 Å². The first-order valence-electron chi connectivity index (χ1n) is 8.53. The third kappa shape index (κ3) is 5.09. The lowest BCUT2D eigenvalue weighted by atomic mass is 10.1. The Morgan fingerprint density at radius 1 is 1.32 bits per heavy atom. The topological polar surface area (TPSA) is 85.3 Å². The van der Waals surface area contributed by atoms with E-state index in [2.05, 4.69) is 0 Å². The largest absolute Gasteiger partial charge is 0.486 e. The number of carboxylic acids is 1. The lowest BCUT2D eigenvalue weighted by molar-refractivity contribution is -0.141. The van der Waals surface area contributed by atoms with Gasteiger partial charge in [-0.15, -0.1) is 0 Å². The molecule has 1 aliphatic heterocycles. The fourth-order valence-electron chi connectivity index (χ4n) is 2.60. The Morgan fingerprint density at radius 3 is 2.80 bits per heavy atom. The summed E-state index contributed by atoms with van der Waals surface area (Å²) in [4.78, 5) is 25.7. The highest BCUT2D eigenvalue weighted by molar-refractivity contribution is 5.98. The molecule has 0 aromatic heterocycles. The molecule has 7 nitrogen and oxygen atoms in total. The van der Waals surface area contributed by atoms with Crippen LogP contribution in [-0.4, -0.2) is 61.4 Å². The number of ether oxygens (including phenoxy) is 3. The summed E-state index contributed by atoms with van der Waals surface area (Å²) in [6.07, 6.45) is 0.637. The minimum atomic E-state index is -0.933. The Bertz CT molecular complexity index is 603. The summed E-state index contributed by atoms with van der Waals surface area (Å²) in [5.41, 5.74) is 0.395. The lowest BCUT2D eigenvalue weighted by Crippen LogP contribution is -2.38. The third-order valence-corrected chi connectivity index (χ3v) is 3.92. The van der Waals surface area contributed by atoms with E-state index in [9.17, 15) is 14.7 Å². The van der Waals surface area contributed by atoms with Gasteiger partial charge >= 0.3 is 5.97 Å². The van der Waals surface area contributed by atoms with Crippen LogP contribution in [0.5, 0.6) is 11.5 Å². The first kappa shape index (κ1) is 19.1. The van der Waals surface area contributed by atoms with Gasteiger partial charge in [0.2, 0.25) is 0 Å². The predicted molar refractivity (Wildman–Crippen MR) is 91.2 cm³/mol. The molecule has 0 fully saturated rings. The van der Waals surface area contributed by atoms with Crippen molar-refractivity contribution in [3.05, 3.63) is 23.8 Å². The summed E-state index contributed by atoms with van der Waals surface area (Å²) in [5, 5.41) is 9.18. The number of fused-ring (bicyclic) bond motifs is 1. The fraction of sp³-hybridized carbons (Fsp3) is 0.556. The molecule has 1 atom stereocenters. The maximum absolute atomic E-state index is 13.0. The lowest BCUT2D eigenvalue weighted by Gasteiger charge is -2.27. The van der Waals surface area contributed by atoms with Gasteiger partial charge in [-0.05, 0) is 25.5 Å². The second kappa shape index (κ2) is 9.27. The monoisotopic (exact) mass is 351 g/mol. The van der Waals surface area contributed by atoms with E-state index in [1.165, 1.54) is 0 Å². The summed E-state index contributed by atoms with van der Waals surface area (Å²) in [5.74, 6) is -0.883. The van der Waals surface area contributed by atoms with E-state index in [4.69, 9.17) is 14.2 Å². The van der Waals surface area contributed by atoms with Crippen molar-refractivity contribution in [1.82, 2.24) is 4.90 Å². The number of amides is 1. The van der Waals surface area contributed by atoms with E-state index in [0.29, 0.717) is 56.5 Å². The second-order valence-corrected chi connectivity index (χ2v) is 5.87. The number of benzene rings is 1. The molecule has 1 amide bonds. The Kier molecular flexibility index (Phi) is 7.06. The highest BCUT2D eigenvalue weighted by atomic mass is 16.6. The quantitative estimate of drug-likeness (QED) is 0.686. The van der Waals surface area contributed by atoms with Gasteiger partial charge < -0.3 is 24.2 Å². The normalized spacial score (nSPS) is 14.0. The van der Waals surface area contributed by atoms with E-state index < -0.39 is 11.9 Å². The number of hydrogen-bond acceptors (Lipinski definition) is 5. The third-order valence-electron chi connectivity index (χ3n) is 3.92. The smallest absolute Gasteiger partial charge is 0.308 e. The molecular formula is C18H25NO6. The van der Waals surface area contributed by atoms with E-state index in [0.717, 1.165) is 0 Å². The maximum Gasteiger partial charge on any atom is 0.308 e. The van der Waals surface area contributed by atoms with Gasteiger partial charge in [0.1, 0.15) is 13.2 Å². The van der Waals surface area contributed by atoms with E-state index in [1.807, 2.05) is 6.92 Å². The number of rotatable bonds is 9. The molecule has 2 rings (SSSR count). The summed E-state index contributed by atoms with van der Waals surface area (Å²) in [6.45, 7) is 6.00. The van der Waals surface area contributed by atoms with Crippen molar-refractivity contribution in [1.29, 1.82) is 0 Å². The molecule has 1 heterocycles. The van der Waals surface area contributed by atoms with Gasteiger partial charge in [0.15, 0.2) is 11.5 Å². The van der Waals surface area contributed by atoms with Crippen molar-refractivity contribution < 1.29 is 28.9 Å². The molecule has 1 N–H and O–H groups in total. The molecule has 25 heavy (non-hydrogen) atoms. The summed E-state index contributed by atoms with van der Waals surface area (Å²) in [7, 11) is 0. The molecule has 1 unspecified atom stereocenters. The van der Waals surface area contributed by atoms with Gasteiger partial charge in [-0.25, -0.2) is 0 Å². The van der Waals surface area contributed by atoms with Gasteiger partial charge in [-0.2, -0.15) is 0 Å². The SMILES string of the molecule is CCOCCCN(CC(C)C(=O)O)C(=O)c1cccc2c1OCCO2. The Morgan fingerprint density at radius 2 is 2.08 bits per heavy atom. The van der Waals surface area contributed by atoms with E-state index in [-0.39, 0.29) is 12.5 Å². The molecular weight excluding hydrogens is 326 g/mol. The van der Waals surface area contributed by atoms with E-state index >= 15 is 0 Å². The number of carbonyl (C=O) groups excluding carboxylic acids is 1. The minimum Gasteiger partial charge on any atom is -0.486 e. The van der Waals surface area contributed by atoms with E-state index in [1.54, 1.807) is 30.0 Å². The molecule has 138 valence electrons. The maximum atomic E-state index is 13.0. The molecule has 0 bridgehead atoms. The van der Waals surface area contributed by atoms with Crippen molar-refractivity contribution in [2.24, 2.45) is 5.92 Å². The van der Waals surface area contributed by atoms with Crippen LogP contribution in [0.25, 0.3) is 0 Å². The minimum absolute atomic E-state index is 0.130. The van der Waals surface area contributed by atoms with Gasteiger partial charge in [-0.3, -0.25) is 9.59 Å². The average Bonchev–Trinajstić information content (AvgIpc) is 2.63. The second-order valence-electron chi connectivity index (χ2n) is 5.87. The van der Waals surface area contributed by atoms with Crippen LogP contribution < -0.4 is 9.47 Å². The zero-order valence-corrected chi connectivity index (χ0v) is 14.7. The Balaban J connectivity index is 2.17. The van der Waals surface area contributed by atoms with Crippen molar-refractivity contribution in [2.75, 3.05) is 39.5 Å².